The second-order valence-electron chi connectivity index (χ2n) is 4.72. The Bertz CT molecular complexity index is 641. The average Bonchev–Trinajstić information content (AvgIpc) is 2.46. The van der Waals surface area contributed by atoms with E-state index in [1.54, 1.807) is 31.2 Å². The van der Waals surface area contributed by atoms with E-state index in [9.17, 15) is 15.0 Å². The molecule has 0 bridgehead atoms. The van der Waals surface area contributed by atoms with Crippen molar-refractivity contribution in [3.05, 3.63) is 30.1 Å². The number of aromatic nitrogens is 2. The molecule has 0 saturated carbocycles. The van der Waals surface area contributed by atoms with Crippen molar-refractivity contribution in [2.75, 3.05) is 18.5 Å². The van der Waals surface area contributed by atoms with Gasteiger partial charge in [-0.05, 0) is 19.1 Å². The summed E-state index contributed by atoms with van der Waals surface area (Å²) < 4.78 is 0. The van der Waals surface area contributed by atoms with Gasteiger partial charge in [0.15, 0.2) is 0 Å². The minimum absolute atomic E-state index is 0.263. The number of anilines is 1. The van der Waals surface area contributed by atoms with Gasteiger partial charge in [0.2, 0.25) is 5.82 Å². The molecule has 1 aromatic heterocycles. The molecule has 0 saturated heterocycles. The third-order valence-corrected chi connectivity index (χ3v) is 2.91. The van der Waals surface area contributed by atoms with E-state index in [0.717, 1.165) is 0 Å². The first-order valence-electron chi connectivity index (χ1n) is 5.99. The molecule has 0 spiro atoms. The van der Waals surface area contributed by atoms with Gasteiger partial charge in [0.25, 0.3) is 0 Å². The molecule has 2 aromatic rings. The summed E-state index contributed by atoms with van der Waals surface area (Å²) in [5.74, 6) is -1.32. The lowest BCUT2D eigenvalue weighted by Gasteiger charge is -2.27. The largest absolute Gasteiger partial charge is 0.475 e. The molecular formula is C13H15N3O4. The van der Waals surface area contributed by atoms with Gasteiger partial charge in [-0.2, -0.15) is 0 Å². The number of carboxylic acids is 1. The summed E-state index contributed by atoms with van der Waals surface area (Å²) in [5.41, 5.74) is -0.534. The molecule has 0 aliphatic heterocycles. The molecule has 0 aliphatic rings. The van der Waals surface area contributed by atoms with Crippen LogP contribution in [0, 0.1) is 0 Å². The highest BCUT2D eigenvalue weighted by Crippen LogP contribution is 2.23. The molecule has 0 amide bonds. The number of nitrogens with one attached hydrogen (secondary N) is 1. The Morgan fingerprint density at radius 2 is 1.90 bits per heavy atom. The fourth-order valence-electron chi connectivity index (χ4n) is 1.68. The molecular weight excluding hydrogens is 262 g/mol. The maximum Gasteiger partial charge on any atom is 0.374 e. The average molecular weight is 277 g/mol. The predicted octanol–water partition coefficient (Wildman–Crippen LogP) is 0.483. The van der Waals surface area contributed by atoms with E-state index in [-0.39, 0.29) is 24.9 Å². The summed E-state index contributed by atoms with van der Waals surface area (Å²) in [4.78, 5) is 18.9. The molecule has 20 heavy (non-hydrogen) atoms. The van der Waals surface area contributed by atoms with Gasteiger partial charge in [0, 0.05) is 5.39 Å². The SMILES string of the molecule is CC(CO)(CO)Nc1nc(C(=O)O)nc2ccccc12. The molecule has 0 atom stereocenters. The maximum atomic E-state index is 11.0. The standard InChI is InChI=1S/C13H15N3O4/c1-13(6-17,7-18)16-10-8-4-2-3-5-9(8)14-11(15-10)12(19)20/h2-5,17-18H,6-7H2,1H3,(H,19,20)(H,14,15,16). The van der Waals surface area contributed by atoms with Crippen molar-refractivity contribution in [1.82, 2.24) is 9.97 Å². The number of benzene rings is 1. The van der Waals surface area contributed by atoms with Crippen LogP contribution in [0.2, 0.25) is 0 Å². The summed E-state index contributed by atoms with van der Waals surface area (Å²) in [6.07, 6.45) is 0. The summed E-state index contributed by atoms with van der Waals surface area (Å²) in [5, 5.41) is 31.2. The van der Waals surface area contributed by atoms with Crippen molar-refractivity contribution in [1.29, 1.82) is 0 Å². The summed E-state index contributed by atoms with van der Waals surface area (Å²) in [6.45, 7) is 0.943. The zero-order chi connectivity index (χ0) is 14.8. The number of nitrogens with zero attached hydrogens (tertiary/aromatic N) is 2. The molecule has 0 fully saturated rings. The summed E-state index contributed by atoms with van der Waals surface area (Å²) in [7, 11) is 0. The molecule has 0 unspecified atom stereocenters. The van der Waals surface area contributed by atoms with Crippen molar-refractivity contribution in [3.8, 4) is 0 Å². The Hall–Kier alpha value is -2.25. The number of aromatic carboxylic acids is 1. The number of carbonyl (C=O) groups is 1. The van der Waals surface area contributed by atoms with E-state index < -0.39 is 11.5 Å². The second-order valence-corrected chi connectivity index (χ2v) is 4.72. The van der Waals surface area contributed by atoms with Crippen molar-refractivity contribution in [2.45, 2.75) is 12.5 Å². The zero-order valence-corrected chi connectivity index (χ0v) is 10.9. The monoisotopic (exact) mass is 277 g/mol. The van der Waals surface area contributed by atoms with E-state index >= 15 is 0 Å². The lowest BCUT2D eigenvalue weighted by molar-refractivity contribution is 0.0684. The van der Waals surface area contributed by atoms with Gasteiger partial charge < -0.3 is 20.6 Å². The molecule has 2 rings (SSSR count). The van der Waals surface area contributed by atoms with Crippen LogP contribution in [0.5, 0.6) is 0 Å². The predicted molar refractivity (Wildman–Crippen MR) is 72.7 cm³/mol. The lowest BCUT2D eigenvalue weighted by Crippen LogP contribution is -2.43. The topological polar surface area (TPSA) is 116 Å². The normalized spacial score (nSPS) is 11.6. The lowest BCUT2D eigenvalue weighted by atomic mass is 10.1. The first-order valence-corrected chi connectivity index (χ1v) is 5.99. The highest BCUT2D eigenvalue weighted by atomic mass is 16.4. The summed E-state index contributed by atoms with van der Waals surface area (Å²) >= 11 is 0. The van der Waals surface area contributed by atoms with Gasteiger partial charge >= 0.3 is 5.97 Å². The van der Waals surface area contributed by atoms with Crippen LogP contribution in [0.3, 0.4) is 0 Å². The number of hydrogen-bond donors (Lipinski definition) is 4. The van der Waals surface area contributed by atoms with Crippen LogP contribution < -0.4 is 5.32 Å². The molecule has 1 aromatic carbocycles. The minimum Gasteiger partial charge on any atom is -0.475 e. The molecule has 106 valence electrons. The number of carboxylic acid groups (broad SMARTS) is 1. The number of aliphatic hydroxyl groups is 2. The van der Waals surface area contributed by atoms with E-state index in [1.807, 2.05) is 0 Å². The molecule has 7 nitrogen and oxygen atoms in total. The maximum absolute atomic E-state index is 11.0. The third kappa shape index (κ3) is 2.68. The van der Waals surface area contributed by atoms with E-state index in [2.05, 4.69) is 15.3 Å². The van der Waals surface area contributed by atoms with Gasteiger partial charge in [0.1, 0.15) is 5.82 Å². The van der Waals surface area contributed by atoms with Crippen LogP contribution in [0.15, 0.2) is 24.3 Å². The van der Waals surface area contributed by atoms with Crippen molar-refractivity contribution in [3.63, 3.8) is 0 Å². The quantitative estimate of drug-likeness (QED) is 0.628. The highest BCUT2D eigenvalue weighted by Gasteiger charge is 2.24. The highest BCUT2D eigenvalue weighted by molar-refractivity contribution is 5.93. The number of fused-ring (bicyclic) bond motifs is 1. The number of rotatable bonds is 5. The van der Waals surface area contributed by atoms with E-state index in [1.165, 1.54) is 0 Å². The third-order valence-electron chi connectivity index (χ3n) is 2.91. The van der Waals surface area contributed by atoms with Crippen LogP contribution in [0.1, 0.15) is 17.5 Å². The number of hydrogen-bond acceptors (Lipinski definition) is 6. The minimum atomic E-state index is -1.24. The van der Waals surface area contributed by atoms with Gasteiger partial charge in [-0.1, -0.05) is 12.1 Å². The molecule has 4 N–H and O–H groups in total. The van der Waals surface area contributed by atoms with Crippen LogP contribution in [-0.2, 0) is 0 Å². The molecule has 0 radical (unpaired) electrons. The summed E-state index contributed by atoms with van der Waals surface area (Å²) in [6, 6.07) is 6.91. The van der Waals surface area contributed by atoms with Crippen LogP contribution in [0.4, 0.5) is 5.82 Å². The first kappa shape index (κ1) is 14.2. The van der Waals surface area contributed by atoms with E-state index in [0.29, 0.717) is 10.9 Å². The van der Waals surface area contributed by atoms with Gasteiger partial charge in [-0.15, -0.1) is 0 Å². The smallest absolute Gasteiger partial charge is 0.374 e. The Morgan fingerprint density at radius 1 is 1.25 bits per heavy atom. The van der Waals surface area contributed by atoms with Crippen LogP contribution in [-0.4, -0.2) is 50.0 Å². The van der Waals surface area contributed by atoms with Crippen molar-refractivity contribution in [2.24, 2.45) is 0 Å². The van der Waals surface area contributed by atoms with Crippen LogP contribution >= 0.6 is 0 Å². The van der Waals surface area contributed by atoms with Crippen LogP contribution in [0.25, 0.3) is 10.9 Å². The Labute approximate surface area is 114 Å². The van der Waals surface area contributed by atoms with E-state index in [4.69, 9.17) is 5.11 Å². The van der Waals surface area contributed by atoms with Gasteiger partial charge in [0.05, 0.1) is 24.3 Å². The number of aliphatic hydroxyl groups excluding tert-OH is 2. The molecule has 0 aliphatic carbocycles. The fraction of sp³-hybridized carbons (Fsp3) is 0.308. The van der Waals surface area contributed by atoms with Gasteiger partial charge in [-0.3, -0.25) is 0 Å². The zero-order valence-electron chi connectivity index (χ0n) is 10.9. The van der Waals surface area contributed by atoms with Gasteiger partial charge in [-0.25, -0.2) is 14.8 Å². The fourth-order valence-corrected chi connectivity index (χ4v) is 1.68. The first-order chi connectivity index (χ1) is 9.49. The Balaban J connectivity index is 2.58. The van der Waals surface area contributed by atoms with Crippen molar-refractivity contribution >= 4 is 22.7 Å². The molecule has 1 heterocycles. The second kappa shape index (κ2) is 5.40. The molecule has 7 heteroatoms. The number of para-hydroxylation sites is 1. The Morgan fingerprint density at radius 3 is 2.50 bits per heavy atom. The van der Waals surface area contributed by atoms with Crippen molar-refractivity contribution < 1.29 is 20.1 Å². The Kier molecular flexibility index (Phi) is 3.82.